The number of benzene rings is 2. The quantitative estimate of drug-likeness (QED) is 0.402. The van der Waals surface area contributed by atoms with Gasteiger partial charge < -0.3 is 14.2 Å². The molecule has 3 heterocycles. The summed E-state index contributed by atoms with van der Waals surface area (Å²) in [7, 11) is 0. The number of hydrogen-bond donors (Lipinski definition) is 0. The maximum atomic E-state index is 12.9. The average molecular weight is 449 g/mol. The molecule has 2 aliphatic heterocycles. The Balaban J connectivity index is 1.28. The van der Waals surface area contributed by atoms with E-state index in [-0.39, 0.29) is 12.7 Å². The van der Waals surface area contributed by atoms with Crippen LogP contribution in [-0.4, -0.2) is 26.9 Å². The summed E-state index contributed by atoms with van der Waals surface area (Å²) >= 11 is 6.72. The summed E-state index contributed by atoms with van der Waals surface area (Å²) in [4.78, 5) is 19.4. The number of thioether (sulfide) groups is 1. The molecule has 6 nitrogen and oxygen atoms in total. The van der Waals surface area contributed by atoms with Gasteiger partial charge >= 0.3 is 0 Å². The van der Waals surface area contributed by atoms with Crippen LogP contribution in [0.2, 0.25) is 0 Å². The third-order valence-corrected chi connectivity index (χ3v) is 6.05. The Bertz CT molecular complexity index is 1180. The normalized spacial score (nSPS) is 16.3. The lowest BCUT2D eigenvalue weighted by Gasteiger charge is -2.14. The van der Waals surface area contributed by atoms with Crippen LogP contribution in [0.15, 0.2) is 71.8 Å². The van der Waals surface area contributed by atoms with E-state index in [0.29, 0.717) is 38.9 Å². The van der Waals surface area contributed by atoms with Gasteiger partial charge in [0.15, 0.2) is 11.5 Å². The molecule has 3 aromatic rings. The predicted octanol–water partition coefficient (Wildman–Crippen LogP) is 5.00. The molecule has 154 valence electrons. The van der Waals surface area contributed by atoms with E-state index in [1.807, 2.05) is 54.6 Å². The molecular formula is C23H16N2O4S2. The first-order valence-corrected chi connectivity index (χ1v) is 10.7. The second kappa shape index (κ2) is 8.41. The van der Waals surface area contributed by atoms with Gasteiger partial charge in [0.2, 0.25) is 12.7 Å². The Morgan fingerprint density at radius 3 is 2.74 bits per heavy atom. The number of hydrogen-bond acceptors (Lipinski definition) is 7. The third kappa shape index (κ3) is 4.26. The van der Waals surface area contributed by atoms with Crippen LogP contribution in [0.3, 0.4) is 0 Å². The van der Waals surface area contributed by atoms with Gasteiger partial charge in [-0.25, -0.2) is 4.98 Å². The fourth-order valence-corrected chi connectivity index (χ4v) is 4.41. The van der Waals surface area contributed by atoms with Crippen molar-refractivity contribution in [2.75, 3.05) is 6.79 Å². The lowest BCUT2D eigenvalue weighted by atomic mass is 10.2. The van der Waals surface area contributed by atoms with Crippen LogP contribution in [0.5, 0.6) is 23.1 Å². The number of carbonyl (C=O) groups is 1. The van der Waals surface area contributed by atoms with Crippen molar-refractivity contribution in [1.29, 1.82) is 0 Å². The number of pyridine rings is 1. The minimum Gasteiger partial charge on any atom is -0.454 e. The molecule has 0 radical (unpaired) electrons. The first-order valence-electron chi connectivity index (χ1n) is 9.48. The number of rotatable bonds is 5. The second-order valence-corrected chi connectivity index (χ2v) is 8.48. The maximum absolute atomic E-state index is 12.9. The lowest BCUT2D eigenvalue weighted by molar-refractivity contribution is -0.122. The molecular weight excluding hydrogens is 432 g/mol. The summed E-state index contributed by atoms with van der Waals surface area (Å²) < 4.78 is 17.0. The molecule has 8 heteroatoms. The number of amides is 1. The minimum atomic E-state index is -0.128. The third-order valence-electron chi connectivity index (χ3n) is 4.67. The molecule has 0 saturated carbocycles. The Kier molecular flexibility index (Phi) is 5.31. The SMILES string of the molecule is O=C1/C(=C/c2ccc(Oc3ccccc3)nc2)SC(=S)N1Cc1ccc2c(c1)OCO2. The van der Waals surface area contributed by atoms with Gasteiger partial charge in [-0.2, -0.15) is 0 Å². The Morgan fingerprint density at radius 1 is 1.10 bits per heavy atom. The zero-order valence-corrected chi connectivity index (χ0v) is 17.8. The van der Waals surface area contributed by atoms with Crippen molar-refractivity contribution in [3.8, 4) is 23.1 Å². The lowest BCUT2D eigenvalue weighted by Crippen LogP contribution is -2.27. The summed E-state index contributed by atoms with van der Waals surface area (Å²) in [5, 5.41) is 0. The number of carbonyl (C=O) groups excluding carboxylic acids is 1. The Labute approximate surface area is 188 Å². The molecule has 1 saturated heterocycles. The molecule has 0 atom stereocenters. The van der Waals surface area contributed by atoms with Crippen molar-refractivity contribution in [1.82, 2.24) is 9.88 Å². The second-order valence-electron chi connectivity index (χ2n) is 6.80. The number of ether oxygens (including phenoxy) is 3. The van der Waals surface area contributed by atoms with Crippen molar-refractivity contribution in [2.24, 2.45) is 0 Å². The first-order chi connectivity index (χ1) is 15.2. The van der Waals surface area contributed by atoms with Crippen molar-refractivity contribution in [3.05, 3.63) is 82.9 Å². The minimum absolute atomic E-state index is 0.128. The van der Waals surface area contributed by atoms with E-state index in [4.69, 9.17) is 26.4 Å². The molecule has 31 heavy (non-hydrogen) atoms. The standard InChI is InChI=1S/C23H16N2O4S2/c26-22-20(11-15-7-9-21(24-12-15)29-17-4-2-1-3-5-17)31-23(30)25(22)13-16-6-8-18-19(10-16)28-14-27-18/h1-12H,13-14H2/b20-11-. The Hall–Kier alpha value is -3.36. The van der Waals surface area contributed by atoms with Crippen molar-refractivity contribution in [3.63, 3.8) is 0 Å². The smallest absolute Gasteiger partial charge is 0.266 e. The van der Waals surface area contributed by atoms with E-state index in [0.717, 1.165) is 11.1 Å². The molecule has 1 aromatic heterocycles. The van der Waals surface area contributed by atoms with Crippen molar-refractivity contribution >= 4 is 40.3 Å². The van der Waals surface area contributed by atoms with E-state index in [9.17, 15) is 4.79 Å². The molecule has 5 rings (SSSR count). The molecule has 0 bridgehead atoms. The average Bonchev–Trinajstić information content (AvgIpc) is 3.35. The molecule has 0 aliphatic carbocycles. The van der Waals surface area contributed by atoms with Crippen LogP contribution in [-0.2, 0) is 11.3 Å². The number of para-hydroxylation sites is 1. The van der Waals surface area contributed by atoms with Crippen LogP contribution >= 0.6 is 24.0 Å². The summed E-state index contributed by atoms with van der Waals surface area (Å²) in [5.41, 5.74) is 1.72. The van der Waals surface area contributed by atoms with Crippen molar-refractivity contribution in [2.45, 2.75) is 6.54 Å². The van der Waals surface area contributed by atoms with E-state index < -0.39 is 0 Å². The largest absolute Gasteiger partial charge is 0.454 e. The van der Waals surface area contributed by atoms with E-state index in [1.54, 1.807) is 23.2 Å². The van der Waals surface area contributed by atoms with E-state index in [1.165, 1.54) is 11.8 Å². The van der Waals surface area contributed by atoms with Gasteiger partial charge in [-0.1, -0.05) is 48.2 Å². The maximum Gasteiger partial charge on any atom is 0.266 e. The van der Waals surface area contributed by atoms with Crippen LogP contribution in [0, 0.1) is 0 Å². The van der Waals surface area contributed by atoms with Crippen LogP contribution in [0.4, 0.5) is 0 Å². The predicted molar refractivity (Wildman–Crippen MR) is 122 cm³/mol. The van der Waals surface area contributed by atoms with Gasteiger partial charge in [-0.3, -0.25) is 9.69 Å². The molecule has 2 aromatic carbocycles. The van der Waals surface area contributed by atoms with Gasteiger partial charge in [-0.15, -0.1) is 0 Å². The fraction of sp³-hybridized carbons (Fsp3) is 0.0870. The molecule has 1 amide bonds. The van der Waals surface area contributed by atoms with Gasteiger partial charge in [0, 0.05) is 12.3 Å². The summed E-state index contributed by atoms with van der Waals surface area (Å²) in [6.07, 6.45) is 3.46. The Morgan fingerprint density at radius 2 is 1.94 bits per heavy atom. The van der Waals surface area contributed by atoms with E-state index in [2.05, 4.69) is 4.98 Å². The van der Waals surface area contributed by atoms with Crippen molar-refractivity contribution < 1.29 is 19.0 Å². The van der Waals surface area contributed by atoms with Crippen LogP contribution in [0.1, 0.15) is 11.1 Å². The topological polar surface area (TPSA) is 60.9 Å². The summed E-state index contributed by atoms with van der Waals surface area (Å²) in [6.45, 7) is 0.590. The van der Waals surface area contributed by atoms with E-state index >= 15 is 0 Å². The summed E-state index contributed by atoms with van der Waals surface area (Å²) in [6, 6.07) is 18.7. The zero-order chi connectivity index (χ0) is 21.2. The first kappa shape index (κ1) is 19.6. The highest BCUT2D eigenvalue weighted by Gasteiger charge is 2.32. The highest BCUT2D eigenvalue weighted by atomic mass is 32.2. The molecule has 1 fully saturated rings. The van der Waals surface area contributed by atoms with Crippen LogP contribution < -0.4 is 14.2 Å². The van der Waals surface area contributed by atoms with Gasteiger partial charge in [0.05, 0.1) is 11.4 Å². The summed E-state index contributed by atoms with van der Waals surface area (Å²) in [5.74, 6) is 2.46. The fourth-order valence-electron chi connectivity index (χ4n) is 3.16. The number of fused-ring (bicyclic) bond motifs is 1. The van der Waals surface area contributed by atoms with Gasteiger partial charge in [-0.05, 0) is 47.5 Å². The zero-order valence-electron chi connectivity index (χ0n) is 16.2. The highest BCUT2D eigenvalue weighted by molar-refractivity contribution is 8.26. The van der Waals surface area contributed by atoms with Gasteiger partial charge in [0.25, 0.3) is 5.91 Å². The highest BCUT2D eigenvalue weighted by Crippen LogP contribution is 2.36. The number of thiocarbonyl (C=S) groups is 1. The number of aromatic nitrogens is 1. The molecule has 0 N–H and O–H groups in total. The number of nitrogens with zero attached hydrogens (tertiary/aromatic N) is 2. The monoisotopic (exact) mass is 448 g/mol. The van der Waals surface area contributed by atoms with Crippen LogP contribution in [0.25, 0.3) is 6.08 Å². The molecule has 2 aliphatic rings. The molecule has 0 unspecified atom stereocenters. The molecule has 0 spiro atoms. The van der Waals surface area contributed by atoms with Gasteiger partial charge in [0.1, 0.15) is 10.1 Å².